The van der Waals surface area contributed by atoms with E-state index in [2.05, 4.69) is 9.72 Å². The van der Waals surface area contributed by atoms with Crippen LogP contribution in [0.15, 0.2) is 18.3 Å². The lowest BCUT2D eigenvalue weighted by atomic mass is 10.3. The largest absolute Gasteiger partial charge is 0.483 e. The van der Waals surface area contributed by atoms with Crippen molar-refractivity contribution in [2.24, 2.45) is 5.73 Å². The van der Waals surface area contributed by atoms with Crippen molar-refractivity contribution in [2.75, 3.05) is 6.61 Å². The van der Waals surface area contributed by atoms with Gasteiger partial charge >= 0.3 is 6.18 Å². The second-order valence-electron chi connectivity index (χ2n) is 2.70. The van der Waals surface area contributed by atoms with E-state index >= 15 is 0 Å². The molecule has 0 fully saturated rings. The third-order valence-electron chi connectivity index (χ3n) is 1.41. The Balaban J connectivity index is 2.61. The van der Waals surface area contributed by atoms with E-state index in [1.54, 1.807) is 0 Å². The quantitative estimate of drug-likeness (QED) is 0.594. The van der Waals surface area contributed by atoms with Crippen LogP contribution in [0.3, 0.4) is 0 Å². The number of ether oxygens (including phenoxy) is 1. The second-order valence-corrected chi connectivity index (χ2v) is 2.70. The molecule has 1 aromatic rings. The van der Waals surface area contributed by atoms with Crippen molar-refractivity contribution in [3.05, 3.63) is 24.0 Å². The van der Waals surface area contributed by atoms with Crippen LogP contribution in [-0.2, 0) is 0 Å². The highest BCUT2D eigenvalue weighted by molar-refractivity contribution is 5.92. The summed E-state index contributed by atoms with van der Waals surface area (Å²) in [5.74, 6) is -0.269. The van der Waals surface area contributed by atoms with Gasteiger partial charge in [-0.15, -0.1) is 0 Å². The third-order valence-corrected chi connectivity index (χ3v) is 1.41. The van der Waals surface area contributed by atoms with Crippen molar-refractivity contribution in [3.63, 3.8) is 0 Å². The van der Waals surface area contributed by atoms with Gasteiger partial charge in [-0.25, -0.2) is 4.98 Å². The molecule has 0 saturated heterocycles. The molecule has 0 atom stereocenters. The normalized spacial score (nSPS) is 11.1. The van der Waals surface area contributed by atoms with Crippen LogP contribution in [-0.4, -0.2) is 23.6 Å². The number of nitrogen functional groups attached to an aromatic ring is 1. The number of halogens is 3. The van der Waals surface area contributed by atoms with E-state index in [4.69, 9.17) is 11.1 Å². The Morgan fingerprint density at radius 3 is 2.53 bits per heavy atom. The number of hydrogen-bond donors (Lipinski definition) is 2. The molecule has 0 aliphatic heterocycles. The number of nitrogens with zero attached hydrogens (tertiary/aromatic N) is 1. The summed E-state index contributed by atoms with van der Waals surface area (Å²) in [4.78, 5) is 3.64. The third kappa shape index (κ3) is 3.84. The molecular formula is C8H8F3N3O. The highest BCUT2D eigenvalue weighted by atomic mass is 19.4. The average Bonchev–Trinajstić information content (AvgIpc) is 2.14. The molecule has 15 heavy (non-hydrogen) atoms. The predicted octanol–water partition coefficient (Wildman–Crippen LogP) is 1.31. The number of rotatable bonds is 3. The molecule has 1 rings (SSSR count). The van der Waals surface area contributed by atoms with Crippen molar-refractivity contribution in [1.29, 1.82) is 5.41 Å². The summed E-state index contributed by atoms with van der Waals surface area (Å²) >= 11 is 0. The standard InChI is InChI=1S/C8H8F3N3O/c9-8(10,11)4-15-5-1-2-6(7(12)13)14-3-5/h1-3H,4H2,(H3,12,13). The molecule has 1 heterocycles. The molecule has 1 aromatic heterocycles. The first-order valence-electron chi connectivity index (χ1n) is 3.88. The number of amidine groups is 1. The summed E-state index contributed by atoms with van der Waals surface area (Å²) < 4.78 is 39.7. The minimum Gasteiger partial charge on any atom is -0.483 e. The zero-order chi connectivity index (χ0) is 11.5. The van der Waals surface area contributed by atoms with Crippen LogP contribution in [0.1, 0.15) is 5.69 Å². The SMILES string of the molecule is N=C(N)c1ccc(OCC(F)(F)F)cn1. The molecule has 0 spiro atoms. The van der Waals surface area contributed by atoms with Gasteiger partial charge in [-0.05, 0) is 12.1 Å². The molecule has 0 amide bonds. The number of hydrogen-bond acceptors (Lipinski definition) is 3. The molecule has 0 radical (unpaired) electrons. The van der Waals surface area contributed by atoms with Gasteiger partial charge in [0.25, 0.3) is 0 Å². The van der Waals surface area contributed by atoms with E-state index in [0.29, 0.717) is 0 Å². The molecule has 0 bridgehead atoms. The van der Waals surface area contributed by atoms with Gasteiger partial charge in [0.15, 0.2) is 6.61 Å². The van der Waals surface area contributed by atoms with Crippen LogP contribution in [0.5, 0.6) is 5.75 Å². The van der Waals surface area contributed by atoms with Crippen LogP contribution in [0.4, 0.5) is 13.2 Å². The Morgan fingerprint density at radius 1 is 1.47 bits per heavy atom. The lowest BCUT2D eigenvalue weighted by molar-refractivity contribution is -0.153. The summed E-state index contributed by atoms with van der Waals surface area (Å²) in [7, 11) is 0. The molecular weight excluding hydrogens is 211 g/mol. The van der Waals surface area contributed by atoms with E-state index < -0.39 is 12.8 Å². The minimum absolute atomic E-state index is 0.0164. The summed E-state index contributed by atoms with van der Waals surface area (Å²) in [5, 5.41) is 7.00. The number of alkyl halides is 3. The molecule has 4 nitrogen and oxygen atoms in total. The Bertz CT molecular complexity index is 347. The Hall–Kier alpha value is -1.79. The van der Waals surface area contributed by atoms with Gasteiger partial charge < -0.3 is 10.5 Å². The number of nitrogens with two attached hydrogens (primary N) is 1. The maximum absolute atomic E-state index is 11.7. The zero-order valence-electron chi connectivity index (χ0n) is 7.51. The summed E-state index contributed by atoms with van der Waals surface area (Å²) in [6.07, 6.45) is -3.29. The Morgan fingerprint density at radius 2 is 2.13 bits per heavy atom. The Labute approximate surface area is 83.4 Å². The second kappa shape index (κ2) is 4.16. The first-order chi connectivity index (χ1) is 6.88. The molecule has 0 saturated carbocycles. The van der Waals surface area contributed by atoms with Crippen LogP contribution in [0, 0.1) is 5.41 Å². The van der Waals surface area contributed by atoms with E-state index in [1.165, 1.54) is 12.1 Å². The van der Waals surface area contributed by atoms with Crippen LogP contribution in [0.2, 0.25) is 0 Å². The van der Waals surface area contributed by atoms with Gasteiger partial charge in [0.05, 0.1) is 6.20 Å². The highest BCUT2D eigenvalue weighted by Gasteiger charge is 2.28. The zero-order valence-corrected chi connectivity index (χ0v) is 7.51. The lowest BCUT2D eigenvalue weighted by Crippen LogP contribution is -2.19. The molecule has 0 aliphatic rings. The van der Waals surface area contributed by atoms with Gasteiger partial charge in [-0.3, -0.25) is 5.41 Å². The van der Waals surface area contributed by atoms with E-state index in [-0.39, 0.29) is 17.3 Å². The van der Waals surface area contributed by atoms with Crippen molar-refractivity contribution >= 4 is 5.84 Å². The van der Waals surface area contributed by atoms with Crippen molar-refractivity contribution in [2.45, 2.75) is 6.18 Å². The van der Waals surface area contributed by atoms with E-state index in [1.807, 2.05) is 0 Å². The van der Waals surface area contributed by atoms with Crippen molar-refractivity contribution < 1.29 is 17.9 Å². The smallest absolute Gasteiger partial charge is 0.422 e. The van der Waals surface area contributed by atoms with Crippen LogP contribution in [0.25, 0.3) is 0 Å². The fourth-order valence-corrected chi connectivity index (χ4v) is 0.790. The fraction of sp³-hybridized carbons (Fsp3) is 0.250. The molecule has 0 aromatic carbocycles. The number of nitrogens with one attached hydrogen (secondary N) is 1. The summed E-state index contributed by atoms with van der Waals surface area (Å²) in [6, 6.07) is 2.59. The average molecular weight is 219 g/mol. The topological polar surface area (TPSA) is 72.0 Å². The van der Waals surface area contributed by atoms with Gasteiger partial charge in [-0.1, -0.05) is 0 Å². The van der Waals surface area contributed by atoms with Crippen molar-refractivity contribution in [1.82, 2.24) is 4.98 Å². The number of pyridine rings is 1. The maximum Gasteiger partial charge on any atom is 0.422 e. The highest BCUT2D eigenvalue weighted by Crippen LogP contribution is 2.17. The van der Waals surface area contributed by atoms with Crippen molar-refractivity contribution in [3.8, 4) is 5.75 Å². The van der Waals surface area contributed by atoms with Gasteiger partial charge in [0.1, 0.15) is 17.3 Å². The van der Waals surface area contributed by atoms with Gasteiger partial charge in [0.2, 0.25) is 0 Å². The summed E-state index contributed by atoms with van der Waals surface area (Å²) in [5.41, 5.74) is 5.30. The monoisotopic (exact) mass is 219 g/mol. The lowest BCUT2D eigenvalue weighted by Gasteiger charge is -2.08. The first kappa shape index (κ1) is 11.3. The van der Waals surface area contributed by atoms with E-state index in [0.717, 1.165) is 6.20 Å². The molecule has 3 N–H and O–H groups in total. The predicted molar refractivity (Wildman–Crippen MR) is 46.8 cm³/mol. The number of aromatic nitrogens is 1. The molecule has 82 valence electrons. The minimum atomic E-state index is -4.38. The van der Waals surface area contributed by atoms with Crippen LogP contribution < -0.4 is 10.5 Å². The first-order valence-corrected chi connectivity index (χ1v) is 3.88. The summed E-state index contributed by atoms with van der Waals surface area (Å²) in [6.45, 7) is -1.37. The van der Waals surface area contributed by atoms with Gasteiger partial charge in [-0.2, -0.15) is 13.2 Å². The van der Waals surface area contributed by atoms with Gasteiger partial charge in [0, 0.05) is 0 Å². The molecule has 0 unspecified atom stereocenters. The Kier molecular flexibility index (Phi) is 3.13. The molecule has 0 aliphatic carbocycles. The van der Waals surface area contributed by atoms with E-state index in [9.17, 15) is 13.2 Å². The van der Waals surface area contributed by atoms with Crippen LogP contribution >= 0.6 is 0 Å². The molecule has 7 heteroatoms. The maximum atomic E-state index is 11.7. The fourth-order valence-electron chi connectivity index (χ4n) is 0.790.